The average Bonchev–Trinajstić information content (AvgIpc) is 2.45. The number of benzene rings is 1. The van der Waals surface area contributed by atoms with Crippen molar-refractivity contribution in [1.82, 2.24) is 4.98 Å². The Hall–Kier alpha value is -2.58. The van der Waals surface area contributed by atoms with Crippen LogP contribution in [-0.4, -0.2) is 10.9 Å². The first kappa shape index (κ1) is 17.8. The summed E-state index contributed by atoms with van der Waals surface area (Å²) < 4.78 is 77.2. The molecular weight excluding hydrogens is 338 g/mol. The standard InChI is InChI=1S/C15H10F6N2O/c1-7-6-10(15(19,20)21)12(23-11(7)13(22)24)8-2-4-9(5-3-8)14(16,17)18/h2-6H,1H3,(H2,22,24). The lowest BCUT2D eigenvalue weighted by Crippen LogP contribution is -2.18. The van der Waals surface area contributed by atoms with Crippen LogP contribution in [0.15, 0.2) is 30.3 Å². The van der Waals surface area contributed by atoms with Gasteiger partial charge < -0.3 is 5.73 Å². The summed E-state index contributed by atoms with van der Waals surface area (Å²) in [4.78, 5) is 14.9. The molecule has 128 valence electrons. The van der Waals surface area contributed by atoms with Crippen LogP contribution in [0.5, 0.6) is 0 Å². The van der Waals surface area contributed by atoms with Crippen molar-refractivity contribution in [3.63, 3.8) is 0 Å². The fraction of sp³-hybridized carbons (Fsp3) is 0.200. The van der Waals surface area contributed by atoms with Crippen LogP contribution in [0.1, 0.15) is 27.2 Å². The fourth-order valence-corrected chi connectivity index (χ4v) is 2.12. The maximum Gasteiger partial charge on any atom is 0.418 e. The molecule has 2 N–H and O–H groups in total. The third-order valence-corrected chi connectivity index (χ3v) is 3.24. The molecule has 1 aromatic carbocycles. The number of hydrogen-bond acceptors (Lipinski definition) is 2. The monoisotopic (exact) mass is 348 g/mol. The first-order valence-corrected chi connectivity index (χ1v) is 6.47. The van der Waals surface area contributed by atoms with Crippen molar-refractivity contribution >= 4 is 5.91 Å². The molecule has 0 radical (unpaired) electrons. The van der Waals surface area contributed by atoms with Crippen molar-refractivity contribution < 1.29 is 31.1 Å². The van der Waals surface area contributed by atoms with Crippen LogP contribution in [0.3, 0.4) is 0 Å². The zero-order chi connectivity index (χ0) is 18.3. The molecule has 1 aromatic heterocycles. The largest absolute Gasteiger partial charge is 0.418 e. The van der Waals surface area contributed by atoms with E-state index in [-0.39, 0.29) is 16.8 Å². The van der Waals surface area contributed by atoms with Gasteiger partial charge in [-0.15, -0.1) is 0 Å². The molecule has 24 heavy (non-hydrogen) atoms. The Bertz CT molecular complexity index is 778. The average molecular weight is 348 g/mol. The molecule has 2 aromatic rings. The van der Waals surface area contributed by atoms with Crippen molar-refractivity contribution in [3.8, 4) is 11.3 Å². The van der Waals surface area contributed by atoms with Gasteiger partial charge in [-0.3, -0.25) is 4.79 Å². The predicted molar refractivity (Wildman–Crippen MR) is 72.9 cm³/mol. The number of halogens is 6. The minimum atomic E-state index is -4.80. The minimum Gasteiger partial charge on any atom is -0.364 e. The number of nitrogens with two attached hydrogens (primary N) is 1. The smallest absolute Gasteiger partial charge is 0.364 e. The van der Waals surface area contributed by atoms with Crippen LogP contribution in [0.2, 0.25) is 0 Å². The minimum absolute atomic E-state index is 0.0783. The molecule has 1 amide bonds. The molecule has 1 heterocycles. The first-order chi connectivity index (χ1) is 10.9. The van der Waals surface area contributed by atoms with Gasteiger partial charge in [0.2, 0.25) is 0 Å². The van der Waals surface area contributed by atoms with Gasteiger partial charge in [0, 0.05) is 5.56 Å². The number of nitrogens with zero attached hydrogens (tertiary/aromatic N) is 1. The topological polar surface area (TPSA) is 56.0 Å². The van der Waals surface area contributed by atoms with Crippen LogP contribution in [-0.2, 0) is 12.4 Å². The van der Waals surface area contributed by atoms with Gasteiger partial charge in [0.15, 0.2) is 0 Å². The molecule has 2 rings (SSSR count). The van der Waals surface area contributed by atoms with Gasteiger partial charge in [-0.2, -0.15) is 26.3 Å². The molecule has 9 heteroatoms. The Labute approximate surface area is 132 Å². The Balaban J connectivity index is 2.67. The van der Waals surface area contributed by atoms with E-state index >= 15 is 0 Å². The lowest BCUT2D eigenvalue weighted by molar-refractivity contribution is -0.138. The number of primary amides is 1. The number of alkyl halides is 6. The second-order valence-corrected chi connectivity index (χ2v) is 4.99. The number of carbonyl (C=O) groups is 1. The van der Waals surface area contributed by atoms with Crippen molar-refractivity contribution in [2.75, 3.05) is 0 Å². The predicted octanol–water partition coefficient (Wildman–Crippen LogP) is 4.19. The summed E-state index contributed by atoms with van der Waals surface area (Å²) in [6, 6.07) is 3.70. The van der Waals surface area contributed by atoms with Gasteiger partial charge in [-0.25, -0.2) is 4.98 Å². The van der Waals surface area contributed by atoms with Crippen molar-refractivity contribution in [1.29, 1.82) is 0 Å². The zero-order valence-electron chi connectivity index (χ0n) is 12.1. The summed E-state index contributed by atoms with van der Waals surface area (Å²) >= 11 is 0. The number of hydrogen-bond donors (Lipinski definition) is 1. The van der Waals surface area contributed by atoms with Gasteiger partial charge in [0.1, 0.15) is 5.69 Å². The zero-order valence-corrected chi connectivity index (χ0v) is 12.1. The van der Waals surface area contributed by atoms with Crippen molar-refractivity contribution in [2.24, 2.45) is 5.73 Å². The van der Waals surface area contributed by atoms with Crippen LogP contribution >= 0.6 is 0 Å². The van der Waals surface area contributed by atoms with E-state index in [1.165, 1.54) is 6.92 Å². The summed E-state index contributed by atoms with van der Waals surface area (Å²) in [5, 5.41) is 0. The van der Waals surface area contributed by atoms with Crippen molar-refractivity contribution in [3.05, 3.63) is 52.7 Å². The lowest BCUT2D eigenvalue weighted by atomic mass is 10.0. The van der Waals surface area contributed by atoms with Gasteiger partial charge in [0.05, 0.1) is 16.8 Å². The number of carbonyl (C=O) groups excluding carboxylic acids is 1. The first-order valence-electron chi connectivity index (χ1n) is 6.47. The van der Waals surface area contributed by atoms with E-state index in [0.29, 0.717) is 18.2 Å². The second kappa shape index (κ2) is 5.81. The molecule has 0 saturated carbocycles. The molecule has 0 aliphatic heterocycles. The number of aromatic nitrogens is 1. The Morgan fingerprint density at radius 3 is 1.96 bits per heavy atom. The number of aryl methyl sites for hydroxylation is 1. The molecule has 0 aliphatic rings. The number of rotatable bonds is 2. The Morgan fingerprint density at radius 2 is 1.54 bits per heavy atom. The summed E-state index contributed by atoms with van der Waals surface area (Å²) in [7, 11) is 0. The van der Waals surface area contributed by atoms with E-state index in [2.05, 4.69) is 4.98 Å². The number of pyridine rings is 1. The van der Waals surface area contributed by atoms with E-state index in [1.807, 2.05) is 0 Å². The van der Waals surface area contributed by atoms with E-state index in [0.717, 1.165) is 12.1 Å². The highest BCUT2D eigenvalue weighted by molar-refractivity contribution is 5.93. The summed E-state index contributed by atoms with van der Waals surface area (Å²) in [5.41, 5.74) is 1.57. The van der Waals surface area contributed by atoms with E-state index < -0.39 is 35.1 Å². The molecule has 3 nitrogen and oxygen atoms in total. The summed E-state index contributed by atoms with van der Waals surface area (Å²) in [6.07, 6.45) is -9.42. The summed E-state index contributed by atoms with van der Waals surface area (Å²) in [5.74, 6) is -1.03. The quantitative estimate of drug-likeness (QED) is 0.827. The van der Waals surface area contributed by atoms with Gasteiger partial charge >= 0.3 is 12.4 Å². The lowest BCUT2D eigenvalue weighted by Gasteiger charge is -2.15. The highest BCUT2D eigenvalue weighted by atomic mass is 19.4. The molecular formula is C15H10F6N2O. The molecule has 0 bridgehead atoms. The Kier molecular flexibility index (Phi) is 4.30. The van der Waals surface area contributed by atoms with Gasteiger partial charge in [-0.05, 0) is 30.7 Å². The molecule has 0 atom stereocenters. The van der Waals surface area contributed by atoms with Crippen molar-refractivity contribution in [2.45, 2.75) is 19.3 Å². The van der Waals surface area contributed by atoms with E-state index in [1.54, 1.807) is 0 Å². The maximum atomic E-state index is 13.2. The SMILES string of the molecule is Cc1cc(C(F)(F)F)c(-c2ccc(C(F)(F)F)cc2)nc1C(N)=O. The fourth-order valence-electron chi connectivity index (χ4n) is 2.12. The van der Waals surface area contributed by atoms with E-state index in [9.17, 15) is 31.1 Å². The van der Waals surface area contributed by atoms with Crippen LogP contribution in [0.4, 0.5) is 26.3 Å². The molecule has 0 aliphatic carbocycles. The normalized spacial score (nSPS) is 12.3. The van der Waals surface area contributed by atoms with Gasteiger partial charge in [0.25, 0.3) is 5.91 Å². The Morgan fingerprint density at radius 1 is 1.00 bits per heavy atom. The third kappa shape index (κ3) is 3.50. The second-order valence-electron chi connectivity index (χ2n) is 4.99. The van der Waals surface area contributed by atoms with Crippen LogP contribution in [0.25, 0.3) is 11.3 Å². The molecule has 0 unspecified atom stereocenters. The van der Waals surface area contributed by atoms with Gasteiger partial charge in [-0.1, -0.05) is 12.1 Å². The molecule has 0 spiro atoms. The van der Waals surface area contributed by atoms with Crippen LogP contribution in [0, 0.1) is 6.92 Å². The molecule has 0 saturated heterocycles. The highest BCUT2D eigenvalue weighted by Gasteiger charge is 2.36. The highest BCUT2D eigenvalue weighted by Crippen LogP contribution is 2.38. The number of amides is 1. The molecule has 0 fully saturated rings. The van der Waals surface area contributed by atoms with E-state index in [4.69, 9.17) is 5.73 Å². The summed E-state index contributed by atoms with van der Waals surface area (Å²) in [6.45, 7) is 1.23. The third-order valence-electron chi connectivity index (χ3n) is 3.24. The van der Waals surface area contributed by atoms with Crippen LogP contribution < -0.4 is 5.73 Å². The maximum absolute atomic E-state index is 13.2.